The van der Waals surface area contributed by atoms with Gasteiger partial charge in [0.1, 0.15) is 5.75 Å². The number of methoxy groups -OCH3 is 1. The van der Waals surface area contributed by atoms with Crippen molar-refractivity contribution in [2.45, 2.75) is 12.5 Å². The van der Waals surface area contributed by atoms with E-state index in [9.17, 15) is 0 Å². The van der Waals surface area contributed by atoms with Gasteiger partial charge in [-0.05, 0) is 19.5 Å². The van der Waals surface area contributed by atoms with Gasteiger partial charge in [-0.1, -0.05) is 18.2 Å². The summed E-state index contributed by atoms with van der Waals surface area (Å²) < 4.78 is 5.29. The monoisotopic (exact) mass is 213 g/mol. The van der Waals surface area contributed by atoms with Gasteiger partial charge in [0.05, 0.1) is 7.11 Å². The fourth-order valence-electron chi connectivity index (χ4n) is 1.52. The summed E-state index contributed by atoms with van der Waals surface area (Å²) in [7, 11) is 3.62. The maximum Gasteiger partial charge on any atom is 0.123 e. The molecule has 0 spiro atoms. The number of hydrogen-bond donors (Lipinski definition) is 1. The third kappa shape index (κ3) is 2.63. The molecule has 0 saturated heterocycles. The van der Waals surface area contributed by atoms with Crippen LogP contribution in [-0.2, 0) is 0 Å². The molecule has 1 unspecified atom stereocenters. The van der Waals surface area contributed by atoms with Crippen molar-refractivity contribution in [3.05, 3.63) is 29.8 Å². The van der Waals surface area contributed by atoms with Gasteiger partial charge in [0.15, 0.2) is 0 Å². The van der Waals surface area contributed by atoms with Crippen molar-refractivity contribution in [1.29, 1.82) is 0 Å². The van der Waals surface area contributed by atoms with Gasteiger partial charge in [0.25, 0.3) is 0 Å². The molecule has 0 aliphatic rings. The van der Waals surface area contributed by atoms with E-state index < -0.39 is 0 Å². The molecule has 0 aliphatic carbocycles. The van der Waals surface area contributed by atoms with E-state index >= 15 is 0 Å². The van der Waals surface area contributed by atoms with Crippen molar-refractivity contribution >= 4 is 11.6 Å². The summed E-state index contributed by atoms with van der Waals surface area (Å²) in [4.78, 5) is 0. The lowest BCUT2D eigenvalue weighted by Gasteiger charge is -2.17. The first-order valence-corrected chi connectivity index (χ1v) is 5.23. The number of nitrogens with one attached hydrogen (secondary N) is 1. The molecule has 1 aromatic carbocycles. The zero-order chi connectivity index (χ0) is 10.4. The van der Waals surface area contributed by atoms with Gasteiger partial charge >= 0.3 is 0 Å². The Bertz CT molecular complexity index is 278. The molecule has 2 nitrogen and oxygen atoms in total. The predicted octanol–water partition coefficient (Wildman–Crippen LogP) is 2.58. The number of halogens is 1. The first kappa shape index (κ1) is 11.3. The van der Waals surface area contributed by atoms with Crippen molar-refractivity contribution in [2.24, 2.45) is 0 Å². The number of para-hydroxylation sites is 1. The molecule has 1 atom stereocenters. The lowest BCUT2D eigenvalue weighted by atomic mass is 10.0. The van der Waals surface area contributed by atoms with Crippen LogP contribution in [0.3, 0.4) is 0 Å². The minimum Gasteiger partial charge on any atom is -0.496 e. The molecule has 0 aliphatic heterocycles. The minimum atomic E-state index is 0.267. The van der Waals surface area contributed by atoms with Crippen LogP contribution in [0.1, 0.15) is 18.0 Å². The first-order valence-electron chi connectivity index (χ1n) is 4.69. The Kier molecular flexibility index (Phi) is 4.77. The highest BCUT2D eigenvalue weighted by Gasteiger charge is 2.12. The Balaban J connectivity index is 2.90. The van der Waals surface area contributed by atoms with E-state index in [2.05, 4.69) is 11.4 Å². The van der Waals surface area contributed by atoms with E-state index in [1.54, 1.807) is 7.11 Å². The Hall–Kier alpha value is -0.730. The summed E-state index contributed by atoms with van der Waals surface area (Å²) in [6.45, 7) is 0. The second kappa shape index (κ2) is 5.89. The predicted molar refractivity (Wildman–Crippen MR) is 60.1 cm³/mol. The molecule has 1 rings (SSSR count). The Labute approximate surface area is 90.2 Å². The van der Waals surface area contributed by atoms with Gasteiger partial charge in [0.2, 0.25) is 0 Å². The lowest BCUT2D eigenvalue weighted by Crippen LogP contribution is -2.17. The van der Waals surface area contributed by atoms with Crippen molar-refractivity contribution in [3.63, 3.8) is 0 Å². The average molecular weight is 214 g/mol. The quantitative estimate of drug-likeness (QED) is 0.760. The Morgan fingerprint density at radius 1 is 1.43 bits per heavy atom. The molecule has 0 saturated carbocycles. The number of hydrogen-bond acceptors (Lipinski definition) is 2. The maximum absolute atomic E-state index is 5.74. The third-order valence-electron chi connectivity index (χ3n) is 2.26. The van der Waals surface area contributed by atoms with Gasteiger partial charge in [0, 0.05) is 17.5 Å². The normalized spacial score (nSPS) is 12.5. The largest absolute Gasteiger partial charge is 0.496 e. The summed E-state index contributed by atoms with van der Waals surface area (Å²) in [6.07, 6.45) is 0.901. The second-order valence-electron chi connectivity index (χ2n) is 3.06. The van der Waals surface area contributed by atoms with Crippen LogP contribution in [0.4, 0.5) is 0 Å². The molecule has 3 heteroatoms. The SMILES string of the molecule is CNC(CCCl)c1ccccc1OC. The molecule has 0 fully saturated rings. The van der Waals surface area contributed by atoms with Gasteiger partial charge < -0.3 is 10.1 Å². The zero-order valence-electron chi connectivity index (χ0n) is 8.59. The number of ether oxygens (including phenoxy) is 1. The summed E-state index contributed by atoms with van der Waals surface area (Å²) in [6, 6.07) is 8.27. The number of rotatable bonds is 5. The summed E-state index contributed by atoms with van der Waals surface area (Å²) >= 11 is 5.74. The Morgan fingerprint density at radius 3 is 2.71 bits per heavy atom. The lowest BCUT2D eigenvalue weighted by molar-refractivity contribution is 0.400. The second-order valence-corrected chi connectivity index (χ2v) is 3.44. The highest BCUT2D eigenvalue weighted by atomic mass is 35.5. The van der Waals surface area contributed by atoms with Crippen molar-refractivity contribution in [2.75, 3.05) is 20.0 Å². The van der Waals surface area contributed by atoms with E-state index in [0.717, 1.165) is 17.7 Å². The van der Waals surface area contributed by atoms with Crippen LogP contribution in [0.2, 0.25) is 0 Å². The first-order chi connectivity index (χ1) is 6.83. The molecular weight excluding hydrogens is 198 g/mol. The molecule has 1 N–H and O–H groups in total. The maximum atomic E-state index is 5.74. The fourth-order valence-corrected chi connectivity index (χ4v) is 1.74. The molecule has 0 heterocycles. The van der Waals surface area contributed by atoms with Gasteiger partial charge in [-0.25, -0.2) is 0 Å². The molecule has 0 radical (unpaired) electrons. The number of alkyl halides is 1. The van der Waals surface area contributed by atoms with E-state index in [1.165, 1.54) is 0 Å². The zero-order valence-corrected chi connectivity index (χ0v) is 9.34. The van der Waals surface area contributed by atoms with Crippen LogP contribution >= 0.6 is 11.6 Å². The average Bonchev–Trinajstić information content (AvgIpc) is 2.26. The Morgan fingerprint density at radius 2 is 2.14 bits per heavy atom. The molecular formula is C11H16ClNO. The van der Waals surface area contributed by atoms with Gasteiger partial charge in [-0.15, -0.1) is 11.6 Å². The highest BCUT2D eigenvalue weighted by molar-refractivity contribution is 6.17. The van der Waals surface area contributed by atoms with Crippen molar-refractivity contribution < 1.29 is 4.74 Å². The van der Waals surface area contributed by atoms with Crippen LogP contribution in [0, 0.1) is 0 Å². The molecule has 78 valence electrons. The van der Waals surface area contributed by atoms with Crippen molar-refractivity contribution in [3.8, 4) is 5.75 Å². The standard InChI is InChI=1S/C11H16ClNO/c1-13-10(7-8-12)9-5-3-4-6-11(9)14-2/h3-6,10,13H,7-8H2,1-2H3. The molecule has 0 amide bonds. The van der Waals surface area contributed by atoms with Gasteiger partial charge in [-0.2, -0.15) is 0 Å². The molecule has 0 bridgehead atoms. The van der Waals surface area contributed by atoms with Crippen LogP contribution in [-0.4, -0.2) is 20.0 Å². The molecule has 0 aromatic heterocycles. The fraction of sp³-hybridized carbons (Fsp3) is 0.455. The highest BCUT2D eigenvalue weighted by Crippen LogP contribution is 2.26. The van der Waals surface area contributed by atoms with Gasteiger partial charge in [-0.3, -0.25) is 0 Å². The van der Waals surface area contributed by atoms with E-state index in [1.807, 2.05) is 25.2 Å². The topological polar surface area (TPSA) is 21.3 Å². The minimum absolute atomic E-state index is 0.267. The summed E-state index contributed by atoms with van der Waals surface area (Å²) in [5, 5.41) is 3.23. The van der Waals surface area contributed by atoms with E-state index in [-0.39, 0.29) is 6.04 Å². The molecule has 1 aromatic rings. The van der Waals surface area contributed by atoms with Crippen LogP contribution in [0.15, 0.2) is 24.3 Å². The third-order valence-corrected chi connectivity index (χ3v) is 2.48. The van der Waals surface area contributed by atoms with Crippen molar-refractivity contribution in [1.82, 2.24) is 5.32 Å². The smallest absolute Gasteiger partial charge is 0.123 e. The molecule has 14 heavy (non-hydrogen) atoms. The van der Waals surface area contributed by atoms with Crippen LogP contribution in [0.5, 0.6) is 5.75 Å². The van der Waals surface area contributed by atoms with E-state index in [4.69, 9.17) is 16.3 Å². The van der Waals surface area contributed by atoms with Crippen LogP contribution < -0.4 is 10.1 Å². The summed E-state index contributed by atoms with van der Waals surface area (Å²) in [5.41, 5.74) is 1.16. The van der Waals surface area contributed by atoms with Crippen LogP contribution in [0.25, 0.3) is 0 Å². The summed E-state index contributed by atoms with van der Waals surface area (Å²) in [5.74, 6) is 1.56. The van der Waals surface area contributed by atoms with E-state index in [0.29, 0.717) is 5.88 Å². The number of benzene rings is 1.